The summed E-state index contributed by atoms with van der Waals surface area (Å²) in [5.74, 6) is 1.65. The Morgan fingerprint density at radius 2 is 0.551 bits per heavy atom. The summed E-state index contributed by atoms with van der Waals surface area (Å²) in [6.07, 6.45) is -4.67. The van der Waals surface area contributed by atoms with E-state index in [-0.39, 0.29) is 17.1 Å². The summed E-state index contributed by atoms with van der Waals surface area (Å²) in [5.41, 5.74) is 6.76. The van der Waals surface area contributed by atoms with Crippen molar-refractivity contribution in [3.05, 3.63) is 120 Å². The molecule has 0 saturated heterocycles. The van der Waals surface area contributed by atoms with Gasteiger partial charge in [-0.05, 0) is 48.5 Å². The minimum atomic E-state index is -1.17. The molecule has 8 aromatic rings. The average Bonchev–Trinajstić information content (AvgIpc) is 3.85. The zero-order chi connectivity index (χ0) is 33.7. The van der Waals surface area contributed by atoms with Gasteiger partial charge in [-0.1, -0.05) is 48.5 Å². The molecule has 0 aliphatic carbocycles. The fraction of sp³-hybridized carbons (Fsp3) is 0.222. The average molecular weight is 708 g/mol. The number of rotatable bonds is 6. The van der Waals surface area contributed by atoms with E-state index < -0.39 is 24.4 Å². The summed E-state index contributed by atoms with van der Waals surface area (Å²) in [6.45, 7) is 0. The zero-order valence-corrected chi connectivity index (χ0v) is 28.2. The Hall–Kier alpha value is -4.88. The number of aliphatic hydroxyl groups is 4. The van der Waals surface area contributed by atoms with Gasteiger partial charge in [-0.2, -0.15) is 0 Å². The Balaban J connectivity index is 0.000000167. The van der Waals surface area contributed by atoms with Crippen molar-refractivity contribution < 1.29 is 37.5 Å². The van der Waals surface area contributed by atoms with Crippen molar-refractivity contribution in [3.63, 3.8) is 0 Å². The van der Waals surface area contributed by atoms with Gasteiger partial charge < -0.3 is 38.7 Å². The van der Waals surface area contributed by atoms with Gasteiger partial charge in [0.1, 0.15) is 47.7 Å². The van der Waals surface area contributed by atoms with Gasteiger partial charge >= 0.3 is 17.1 Å². The topological polar surface area (TPSA) is 152 Å². The van der Waals surface area contributed by atoms with Gasteiger partial charge in [0.2, 0.25) is 0 Å². The number of aromatic nitrogens is 8. The second-order valence-corrected chi connectivity index (χ2v) is 11.9. The normalized spacial score (nSPS) is 14.0. The van der Waals surface area contributed by atoms with Crippen molar-refractivity contribution in [1.82, 2.24) is 38.2 Å². The van der Waals surface area contributed by atoms with E-state index in [1.807, 2.05) is 125 Å². The number of benzene rings is 4. The number of imidazole rings is 4. The van der Waals surface area contributed by atoms with E-state index in [4.69, 9.17) is 0 Å². The van der Waals surface area contributed by atoms with E-state index in [1.165, 1.54) is 0 Å². The van der Waals surface area contributed by atoms with Crippen molar-refractivity contribution in [2.45, 2.75) is 24.4 Å². The Bertz CT molecular complexity index is 2080. The van der Waals surface area contributed by atoms with Gasteiger partial charge in [0.15, 0.2) is 0 Å². The molecule has 1 radical (unpaired) electrons. The molecule has 4 atom stereocenters. The monoisotopic (exact) mass is 707 g/mol. The van der Waals surface area contributed by atoms with Crippen LogP contribution in [0.5, 0.6) is 0 Å². The molecular formula is C36H36CuN8O4+2. The van der Waals surface area contributed by atoms with Crippen LogP contribution in [0.25, 0.3) is 44.1 Å². The van der Waals surface area contributed by atoms with Crippen LogP contribution in [0.4, 0.5) is 0 Å². The van der Waals surface area contributed by atoms with E-state index in [1.54, 1.807) is 18.3 Å². The summed E-state index contributed by atoms with van der Waals surface area (Å²) in [6, 6.07) is 30.5. The first-order valence-electron chi connectivity index (χ1n) is 15.5. The molecule has 0 amide bonds. The van der Waals surface area contributed by atoms with Crippen LogP contribution >= 0.6 is 0 Å². The predicted molar refractivity (Wildman–Crippen MR) is 183 cm³/mol. The third-order valence-corrected chi connectivity index (χ3v) is 8.94. The minimum Gasteiger partial charge on any atom is -0.382 e. The number of aliphatic hydroxyl groups excluding tert-OH is 4. The number of nitrogens with zero attached hydrogens (tertiary/aromatic N) is 8. The van der Waals surface area contributed by atoms with Crippen LogP contribution in [-0.4, -0.2) is 58.6 Å². The molecule has 4 aromatic carbocycles. The van der Waals surface area contributed by atoms with E-state index in [9.17, 15) is 20.4 Å². The number of hydrogen-bond acceptors (Lipinski definition) is 8. The molecule has 4 heterocycles. The van der Waals surface area contributed by atoms with Gasteiger partial charge in [-0.3, -0.25) is 0 Å². The van der Waals surface area contributed by atoms with Crippen LogP contribution in [0.1, 0.15) is 47.7 Å². The molecule has 0 bridgehead atoms. The number of aryl methyl sites for hydroxylation is 4. The van der Waals surface area contributed by atoms with E-state index in [2.05, 4.69) is 19.9 Å². The first kappa shape index (κ1) is 34.0. The van der Waals surface area contributed by atoms with Crippen molar-refractivity contribution in [3.8, 4) is 0 Å². The second-order valence-electron chi connectivity index (χ2n) is 11.9. The third kappa shape index (κ3) is 5.90. The van der Waals surface area contributed by atoms with Crippen molar-refractivity contribution in [2.24, 2.45) is 28.2 Å². The molecule has 0 saturated carbocycles. The SMILES string of the molecule is Cn1c(C(O)C(O)c2nc3ccccc3n2C)nc2ccccc21.Cn1c(C(O)C(O)c2nc3ccccc3n2C)nc2ccccc21.[Cu+2]. The van der Waals surface area contributed by atoms with Crippen LogP contribution in [-0.2, 0) is 45.3 Å². The van der Waals surface area contributed by atoms with Gasteiger partial charge in [-0.25, -0.2) is 19.9 Å². The largest absolute Gasteiger partial charge is 2.00 e. The van der Waals surface area contributed by atoms with Gasteiger partial charge in [0.05, 0.1) is 44.1 Å². The molecule has 0 aliphatic heterocycles. The van der Waals surface area contributed by atoms with Crippen LogP contribution in [0.2, 0.25) is 0 Å². The number of fused-ring (bicyclic) bond motifs is 4. The Morgan fingerprint density at radius 1 is 0.367 bits per heavy atom. The first-order chi connectivity index (χ1) is 23.2. The quantitative estimate of drug-likeness (QED) is 0.185. The Morgan fingerprint density at radius 3 is 0.735 bits per heavy atom. The van der Waals surface area contributed by atoms with Gasteiger partial charge in [0, 0.05) is 28.2 Å². The summed E-state index contributed by atoms with van der Waals surface area (Å²) in [5, 5.41) is 42.7. The molecule has 0 fully saturated rings. The van der Waals surface area contributed by atoms with Crippen LogP contribution in [0, 0.1) is 0 Å². The van der Waals surface area contributed by atoms with Gasteiger partial charge in [0.25, 0.3) is 0 Å². The standard InChI is InChI=1S/2C18H18N4O2.Cu/c2*1-21-13-9-5-3-7-11(13)19-17(21)15(23)16(24)18-20-12-8-4-6-10-14(12)22(18)2;/h2*3-10,15-16,23-24H,1-2H3;/q;;+2. The zero-order valence-electron chi connectivity index (χ0n) is 27.2. The third-order valence-electron chi connectivity index (χ3n) is 8.94. The second kappa shape index (κ2) is 13.6. The smallest absolute Gasteiger partial charge is 0.382 e. The molecule has 49 heavy (non-hydrogen) atoms. The molecule has 4 N–H and O–H groups in total. The molecule has 8 rings (SSSR count). The summed E-state index contributed by atoms with van der Waals surface area (Å²) in [7, 11) is 7.32. The van der Waals surface area contributed by atoms with Crippen LogP contribution in [0.3, 0.4) is 0 Å². The molecule has 4 aromatic heterocycles. The maximum absolute atomic E-state index is 10.7. The number of para-hydroxylation sites is 8. The predicted octanol–water partition coefficient (Wildman–Crippen LogP) is 4.45. The molecule has 253 valence electrons. The van der Waals surface area contributed by atoms with Crippen molar-refractivity contribution in [2.75, 3.05) is 0 Å². The molecule has 0 aliphatic rings. The summed E-state index contributed by atoms with van der Waals surface area (Å²) in [4.78, 5) is 17.8. The van der Waals surface area contributed by atoms with Crippen molar-refractivity contribution in [1.29, 1.82) is 0 Å². The number of hydrogen-bond donors (Lipinski definition) is 4. The maximum Gasteiger partial charge on any atom is 2.00 e. The van der Waals surface area contributed by atoms with Crippen LogP contribution < -0.4 is 0 Å². The molecule has 13 heteroatoms. The minimum absolute atomic E-state index is 0. The Labute approximate surface area is 292 Å². The fourth-order valence-electron chi connectivity index (χ4n) is 6.28. The van der Waals surface area contributed by atoms with Crippen LogP contribution in [0.15, 0.2) is 97.1 Å². The van der Waals surface area contributed by atoms with Crippen molar-refractivity contribution >= 4 is 44.1 Å². The van der Waals surface area contributed by atoms with Gasteiger partial charge in [-0.15, -0.1) is 0 Å². The van der Waals surface area contributed by atoms with E-state index in [0.29, 0.717) is 23.3 Å². The molecular weight excluding hydrogens is 672 g/mol. The summed E-state index contributed by atoms with van der Waals surface area (Å²) >= 11 is 0. The first-order valence-corrected chi connectivity index (χ1v) is 15.5. The fourth-order valence-corrected chi connectivity index (χ4v) is 6.28. The molecule has 0 spiro atoms. The Kier molecular flexibility index (Phi) is 9.41. The molecule has 4 unspecified atom stereocenters. The summed E-state index contributed by atoms with van der Waals surface area (Å²) < 4.78 is 7.19. The maximum atomic E-state index is 10.7. The molecule has 12 nitrogen and oxygen atoms in total. The van der Waals surface area contributed by atoms with E-state index in [0.717, 1.165) is 44.1 Å². The van der Waals surface area contributed by atoms with E-state index >= 15 is 0 Å².